The highest BCUT2D eigenvalue weighted by atomic mass is 32.1. The molecule has 0 saturated heterocycles. The van der Waals surface area contributed by atoms with Crippen molar-refractivity contribution in [1.82, 2.24) is 20.0 Å². The van der Waals surface area contributed by atoms with Gasteiger partial charge in [0, 0.05) is 17.3 Å². The van der Waals surface area contributed by atoms with E-state index in [0.717, 1.165) is 0 Å². The predicted octanol–water partition coefficient (Wildman–Crippen LogP) is 2.38. The topological polar surface area (TPSA) is 102 Å². The maximum Gasteiger partial charge on any atom is 0.278 e. The molecule has 2 aromatic heterocycles. The van der Waals surface area contributed by atoms with E-state index in [1.165, 1.54) is 28.2 Å². The van der Waals surface area contributed by atoms with E-state index in [4.69, 9.17) is 0 Å². The first kappa shape index (κ1) is 17.7. The fourth-order valence-electron chi connectivity index (χ4n) is 2.21. The fourth-order valence-corrected chi connectivity index (χ4v) is 2.76. The molecule has 0 spiro atoms. The molecule has 0 aliphatic heterocycles. The molecule has 8 nitrogen and oxygen atoms in total. The number of carbonyl (C=O) groups excluding carboxylic acids is 2. The normalized spacial score (nSPS) is 10.6. The minimum Gasteiger partial charge on any atom is -0.320 e. The molecule has 0 saturated carbocycles. The van der Waals surface area contributed by atoms with Crippen LogP contribution in [0.4, 0.5) is 15.2 Å². The molecule has 3 aromatic rings. The molecule has 2 amide bonds. The van der Waals surface area contributed by atoms with Crippen LogP contribution in [0.25, 0.3) is 0 Å². The number of benzene rings is 1. The van der Waals surface area contributed by atoms with Gasteiger partial charge in [0.05, 0.1) is 5.69 Å². The van der Waals surface area contributed by atoms with Gasteiger partial charge in [0.25, 0.3) is 5.91 Å². The lowest BCUT2D eigenvalue weighted by Gasteiger charge is -2.08. The number of halogens is 1. The zero-order valence-electron chi connectivity index (χ0n) is 14.0. The van der Waals surface area contributed by atoms with Gasteiger partial charge >= 0.3 is 0 Å². The van der Waals surface area contributed by atoms with Crippen LogP contribution in [0.5, 0.6) is 0 Å². The molecule has 2 N–H and O–H groups in total. The smallest absolute Gasteiger partial charge is 0.278 e. The van der Waals surface area contributed by atoms with E-state index < -0.39 is 11.7 Å². The largest absolute Gasteiger partial charge is 0.320 e. The number of hydrogen-bond donors (Lipinski definition) is 2. The van der Waals surface area contributed by atoms with Gasteiger partial charge in [-0.3, -0.25) is 9.59 Å². The zero-order valence-corrected chi connectivity index (χ0v) is 14.8. The number of nitrogens with one attached hydrogen (secondary N) is 2. The van der Waals surface area contributed by atoms with E-state index in [-0.39, 0.29) is 18.1 Å². The van der Waals surface area contributed by atoms with Crippen LogP contribution in [-0.4, -0.2) is 31.8 Å². The molecule has 0 unspecified atom stereocenters. The third-order valence-corrected chi connectivity index (χ3v) is 4.31. The molecular formula is C16H15FN6O2S. The first-order valence-corrected chi connectivity index (χ1v) is 8.49. The highest BCUT2D eigenvalue weighted by Gasteiger charge is 2.19. The number of aryl methyl sites for hydroxylation is 1. The van der Waals surface area contributed by atoms with Crippen LogP contribution >= 0.6 is 11.3 Å². The third-order valence-electron chi connectivity index (χ3n) is 3.62. The molecule has 1 aromatic carbocycles. The Bertz CT molecular complexity index is 954. The van der Waals surface area contributed by atoms with Crippen LogP contribution in [0.2, 0.25) is 0 Å². The van der Waals surface area contributed by atoms with Crippen molar-refractivity contribution in [3.8, 4) is 0 Å². The van der Waals surface area contributed by atoms with Crippen LogP contribution in [0, 0.1) is 19.7 Å². The van der Waals surface area contributed by atoms with E-state index in [2.05, 4.69) is 25.9 Å². The first-order valence-electron chi connectivity index (χ1n) is 7.61. The summed E-state index contributed by atoms with van der Waals surface area (Å²) in [5.41, 5.74) is 1.56. The minimum absolute atomic E-state index is 0.0655. The summed E-state index contributed by atoms with van der Waals surface area (Å²) in [6.07, 6.45) is 1.58. The van der Waals surface area contributed by atoms with E-state index in [1.807, 2.05) is 0 Å². The first-order chi connectivity index (χ1) is 12.4. The van der Waals surface area contributed by atoms with Crippen molar-refractivity contribution in [2.45, 2.75) is 20.4 Å². The second kappa shape index (κ2) is 7.40. The summed E-state index contributed by atoms with van der Waals surface area (Å²) in [5, 5.41) is 15.1. The summed E-state index contributed by atoms with van der Waals surface area (Å²) < 4.78 is 14.7. The second-order valence-electron chi connectivity index (χ2n) is 5.48. The van der Waals surface area contributed by atoms with Crippen molar-refractivity contribution in [2.75, 3.05) is 10.6 Å². The molecule has 3 rings (SSSR count). The van der Waals surface area contributed by atoms with Gasteiger partial charge in [-0.15, -0.1) is 16.4 Å². The van der Waals surface area contributed by atoms with E-state index in [0.29, 0.717) is 22.1 Å². The average Bonchev–Trinajstić information content (AvgIpc) is 3.21. The second-order valence-corrected chi connectivity index (χ2v) is 6.37. The van der Waals surface area contributed by atoms with E-state index >= 15 is 0 Å². The number of carbonyl (C=O) groups is 2. The summed E-state index contributed by atoms with van der Waals surface area (Å²) in [5.74, 6) is -1.31. The van der Waals surface area contributed by atoms with Gasteiger partial charge in [-0.1, -0.05) is 11.3 Å². The molecular weight excluding hydrogens is 359 g/mol. The van der Waals surface area contributed by atoms with Crippen LogP contribution in [-0.2, 0) is 11.3 Å². The lowest BCUT2D eigenvalue weighted by atomic mass is 10.2. The van der Waals surface area contributed by atoms with Gasteiger partial charge < -0.3 is 10.6 Å². The number of aromatic nitrogens is 4. The summed E-state index contributed by atoms with van der Waals surface area (Å²) >= 11 is 1.30. The minimum atomic E-state index is -0.525. The molecule has 0 radical (unpaired) electrons. The Kier molecular flexibility index (Phi) is 5.03. The van der Waals surface area contributed by atoms with Gasteiger partial charge in [-0.05, 0) is 31.5 Å². The van der Waals surface area contributed by atoms with Gasteiger partial charge in [0.2, 0.25) is 5.91 Å². The van der Waals surface area contributed by atoms with Crippen molar-refractivity contribution < 1.29 is 14.0 Å². The standard InChI is InChI=1S/C16H15FN6O2S/c1-9-3-4-11(17)7-12(9)19-15(25)14-10(2)23(22-21-14)8-13(24)20-16-18-5-6-26-16/h3-7H,8H2,1-2H3,(H,19,25)(H,18,20,24). The fraction of sp³-hybridized carbons (Fsp3) is 0.188. The van der Waals surface area contributed by atoms with Crippen molar-refractivity contribution in [3.05, 3.63) is 52.5 Å². The van der Waals surface area contributed by atoms with Crippen LogP contribution < -0.4 is 10.6 Å². The average molecular weight is 374 g/mol. The Hall–Kier alpha value is -3.14. The summed E-state index contributed by atoms with van der Waals surface area (Å²) in [6.45, 7) is 3.27. The molecule has 0 bridgehead atoms. The van der Waals surface area contributed by atoms with Crippen LogP contribution in [0.3, 0.4) is 0 Å². The zero-order chi connectivity index (χ0) is 18.7. The molecule has 10 heteroatoms. The monoisotopic (exact) mass is 374 g/mol. The molecule has 0 fully saturated rings. The Morgan fingerprint density at radius 3 is 2.81 bits per heavy atom. The quantitative estimate of drug-likeness (QED) is 0.714. The highest BCUT2D eigenvalue weighted by molar-refractivity contribution is 7.13. The lowest BCUT2D eigenvalue weighted by molar-refractivity contribution is -0.117. The maximum atomic E-state index is 13.4. The van der Waals surface area contributed by atoms with E-state index in [1.54, 1.807) is 31.5 Å². The Morgan fingerprint density at radius 1 is 1.27 bits per heavy atom. The number of hydrogen-bond acceptors (Lipinski definition) is 6. The van der Waals surface area contributed by atoms with Crippen molar-refractivity contribution in [2.24, 2.45) is 0 Å². The predicted molar refractivity (Wildman–Crippen MR) is 94.6 cm³/mol. The van der Waals surface area contributed by atoms with E-state index in [9.17, 15) is 14.0 Å². The molecule has 2 heterocycles. The SMILES string of the molecule is Cc1ccc(F)cc1NC(=O)c1nnn(CC(=O)Nc2nccs2)c1C. The highest BCUT2D eigenvalue weighted by Crippen LogP contribution is 2.17. The number of thiazole rings is 1. The van der Waals surface area contributed by atoms with Gasteiger partial charge in [0.15, 0.2) is 10.8 Å². The van der Waals surface area contributed by atoms with Gasteiger partial charge in [-0.25, -0.2) is 14.1 Å². The van der Waals surface area contributed by atoms with Gasteiger partial charge in [-0.2, -0.15) is 0 Å². The Morgan fingerprint density at radius 2 is 2.08 bits per heavy atom. The summed E-state index contributed by atoms with van der Waals surface area (Å²) in [4.78, 5) is 28.4. The number of anilines is 2. The lowest BCUT2D eigenvalue weighted by Crippen LogP contribution is -2.21. The number of amides is 2. The summed E-state index contributed by atoms with van der Waals surface area (Å²) in [7, 11) is 0. The van der Waals surface area contributed by atoms with Crippen molar-refractivity contribution >= 4 is 34.0 Å². The molecule has 0 aliphatic rings. The van der Waals surface area contributed by atoms with Crippen LogP contribution in [0.1, 0.15) is 21.7 Å². The molecule has 0 atom stereocenters. The third kappa shape index (κ3) is 3.91. The number of nitrogens with zero attached hydrogens (tertiary/aromatic N) is 4. The number of rotatable bonds is 5. The van der Waals surface area contributed by atoms with Gasteiger partial charge in [0.1, 0.15) is 12.4 Å². The van der Waals surface area contributed by atoms with Crippen molar-refractivity contribution in [3.63, 3.8) is 0 Å². The molecule has 26 heavy (non-hydrogen) atoms. The van der Waals surface area contributed by atoms with Crippen LogP contribution in [0.15, 0.2) is 29.8 Å². The molecule has 134 valence electrons. The maximum absolute atomic E-state index is 13.4. The van der Waals surface area contributed by atoms with Crippen molar-refractivity contribution in [1.29, 1.82) is 0 Å². The Balaban J connectivity index is 1.70. The molecule has 0 aliphatic carbocycles. The summed E-state index contributed by atoms with van der Waals surface area (Å²) in [6, 6.07) is 4.11. The Labute approximate surface area is 152 Å².